The van der Waals surface area contributed by atoms with Gasteiger partial charge in [0.25, 0.3) is 5.56 Å². The Morgan fingerprint density at radius 3 is 2.43 bits per heavy atom. The zero-order chi connectivity index (χ0) is 30.0. The number of amides is 1. The number of nitrogens with two attached hydrogens (primary N) is 1. The van der Waals surface area contributed by atoms with Crippen LogP contribution < -0.4 is 11.3 Å². The third-order valence-corrected chi connectivity index (χ3v) is 7.67. The molecule has 2 N–H and O–H groups in total. The van der Waals surface area contributed by atoms with Gasteiger partial charge >= 0.3 is 6.18 Å². The second-order valence-electron chi connectivity index (χ2n) is 10.3. The van der Waals surface area contributed by atoms with Crippen molar-refractivity contribution < 1.29 is 37.0 Å². The first-order valence-corrected chi connectivity index (χ1v) is 13.7. The molecule has 0 spiro atoms. The summed E-state index contributed by atoms with van der Waals surface area (Å²) in [5.74, 6) is -0.938. The van der Waals surface area contributed by atoms with Gasteiger partial charge in [-0.2, -0.15) is 13.2 Å². The second-order valence-corrected chi connectivity index (χ2v) is 10.8. The van der Waals surface area contributed by atoms with E-state index in [1.54, 1.807) is 12.1 Å². The number of fused-ring (bicyclic) bond motifs is 3. The van der Waals surface area contributed by atoms with Crippen molar-refractivity contribution in [2.24, 2.45) is 5.73 Å². The highest BCUT2D eigenvalue weighted by Crippen LogP contribution is 2.37. The fourth-order valence-corrected chi connectivity index (χ4v) is 5.44. The number of alkyl halides is 3. The number of hydrogen-bond acceptors (Lipinski definition) is 6. The topological polar surface area (TPSA) is 110 Å². The molecule has 5 rings (SSSR count). The number of primary amides is 1. The normalized spacial score (nSPS) is 19.6. The Balaban J connectivity index is 1.55. The number of nitrogens with zero attached hydrogens (tertiary/aromatic N) is 1. The zero-order valence-electron chi connectivity index (χ0n) is 22.4. The summed E-state index contributed by atoms with van der Waals surface area (Å²) < 4.78 is 59.3. The summed E-state index contributed by atoms with van der Waals surface area (Å²) in [6.45, 7) is 0.507. The van der Waals surface area contributed by atoms with E-state index in [1.807, 2.05) is 0 Å². The van der Waals surface area contributed by atoms with Crippen LogP contribution in [0.4, 0.5) is 13.2 Å². The molecule has 0 bridgehead atoms. The summed E-state index contributed by atoms with van der Waals surface area (Å²) in [5.41, 5.74) is 7.09. The molecule has 3 aromatic rings. The molecular formula is C30H28ClF3N2O6. The number of carbonyl (C=O) groups excluding carboxylic acids is 2. The van der Waals surface area contributed by atoms with E-state index in [9.17, 15) is 27.6 Å². The predicted molar refractivity (Wildman–Crippen MR) is 147 cm³/mol. The van der Waals surface area contributed by atoms with E-state index in [1.165, 1.54) is 47.2 Å². The molecule has 1 saturated heterocycles. The lowest BCUT2D eigenvalue weighted by molar-refractivity contribution is -0.223. The number of Topliss-reactive ketones (excluding diaryl/α,β-unsaturated/α-hetero) is 1. The van der Waals surface area contributed by atoms with E-state index in [0.29, 0.717) is 46.1 Å². The number of halogens is 4. The smallest absolute Gasteiger partial charge is 0.376 e. The van der Waals surface area contributed by atoms with Crippen LogP contribution in [0, 0.1) is 0 Å². The van der Waals surface area contributed by atoms with Crippen LogP contribution in [0.2, 0.25) is 5.02 Å². The average molecular weight is 605 g/mol. The van der Waals surface area contributed by atoms with E-state index in [4.69, 9.17) is 31.5 Å². The van der Waals surface area contributed by atoms with Gasteiger partial charge in [0.1, 0.15) is 0 Å². The van der Waals surface area contributed by atoms with Crippen molar-refractivity contribution in [3.63, 3.8) is 0 Å². The molecule has 0 unspecified atom stereocenters. The van der Waals surface area contributed by atoms with E-state index >= 15 is 0 Å². The van der Waals surface area contributed by atoms with E-state index in [2.05, 4.69) is 0 Å². The Hall–Kier alpha value is -3.51. The van der Waals surface area contributed by atoms with Crippen LogP contribution in [0.3, 0.4) is 0 Å². The number of pyridine rings is 1. The molecule has 1 fully saturated rings. The highest BCUT2D eigenvalue weighted by molar-refractivity contribution is 6.30. The minimum Gasteiger partial charge on any atom is -0.376 e. The van der Waals surface area contributed by atoms with Gasteiger partial charge in [0, 0.05) is 47.7 Å². The molecule has 3 heterocycles. The zero-order valence-corrected chi connectivity index (χ0v) is 23.1. The van der Waals surface area contributed by atoms with Gasteiger partial charge < -0.3 is 24.5 Å². The molecule has 0 saturated carbocycles. The van der Waals surface area contributed by atoms with Crippen molar-refractivity contribution in [3.05, 3.63) is 92.4 Å². The maximum atomic E-state index is 13.8. The molecule has 2 aromatic carbocycles. The second kappa shape index (κ2) is 12.4. The van der Waals surface area contributed by atoms with Gasteiger partial charge in [-0.25, -0.2) is 0 Å². The first-order valence-electron chi connectivity index (χ1n) is 13.3. The van der Waals surface area contributed by atoms with Gasteiger partial charge in [0.15, 0.2) is 11.9 Å². The average Bonchev–Trinajstić information content (AvgIpc) is 2.94. The van der Waals surface area contributed by atoms with E-state index in [-0.39, 0.29) is 30.8 Å². The van der Waals surface area contributed by atoms with Crippen molar-refractivity contribution >= 4 is 23.3 Å². The van der Waals surface area contributed by atoms with Gasteiger partial charge in [0.2, 0.25) is 5.91 Å². The highest BCUT2D eigenvalue weighted by Gasteiger charge is 2.42. The molecule has 8 nitrogen and oxygen atoms in total. The molecule has 1 aromatic heterocycles. The fourth-order valence-electron chi connectivity index (χ4n) is 5.27. The summed E-state index contributed by atoms with van der Waals surface area (Å²) in [6.07, 6.45) is -6.19. The van der Waals surface area contributed by atoms with Crippen LogP contribution in [0.15, 0.2) is 59.5 Å². The van der Waals surface area contributed by atoms with Crippen LogP contribution in [-0.2, 0) is 38.5 Å². The Bertz CT molecular complexity index is 1530. The molecule has 2 aliphatic rings. The van der Waals surface area contributed by atoms with Crippen LogP contribution in [0.5, 0.6) is 0 Å². The fraction of sp³-hybridized carbons (Fsp3) is 0.367. The maximum absolute atomic E-state index is 13.8. The summed E-state index contributed by atoms with van der Waals surface area (Å²) in [7, 11) is 0. The molecule has 12 heteroatoms. The number of ketones is 1. The monoisotopic (exact) mass is 604 g/mol. The standard InChI is InChI=1S/C30H28ClF3N2O6/c31-21-6-5-19-10-27(30(32,33)34)42-15-20-14-36(28(38)13-24(20)23(19)11-21)25(12-22-16-40-7-8-41-22)26(37)9-17-1-3-18(4-2-17)29(35)39/h1-6,11,13-14,22,25,27H,7-10,12,15-16H2,(H2,35,39)/t22-,25+,27+/m1/s1. The Labute approximate surface area is 244 Å². The Morgan fingerprint density at radius 2 is 1.76 bits per heavy atom. The molecule has 1 amide bonds. The minimum absolute atomic E-state index is 0.0775. The summed E-state index contributed by atoms with van der Waals surface area (Å²) in [5, 5.41) is 0.304. The van der Waals surface area contributed by atoms with E-state index < -0.39 is 48.9 Å². The molecule has 222 valence electrons. The van der Waals surface area contributed by atoms with Crippen LogP contribution in [0.25, 0.3) is 11.1 Å². The molecular weight excluding hydrogens is 577 g/mol. The molecule has 3 atom stereocenters. The summed E-state index contributed by atoms with van der Waals surface area (Å²) in [6, 6.07) is 11.0. The number of benzene rings is 2. The largest absolute Gasteiger partial charge is 0.414 e. The van der Waals surface area contributed by atoms with Crippen molar-refractivity contribution in [2.45, 2.75) is 50.3 Å². The van der Waals surface area contributed by atoms with Gasteiger partial charge in [-0.15, -0.1) is 0 Å². The van der Waals surface area contributed by atoms with Gasteiger partial charge in [-0.1, -0.05) is 29.8 Å². The van der Waals surface area contributed by atoms with Gasteiger partial charge in [-0.3, -0.25) is 14.4 Å². The van der Waals surface area contributed by atoms with E-state index in [0.717, 1.165) is 0 Å². The summed E-state index contributed by atoms with van der Waals surface area (Å²) in [4.78, 5) is 38.8. The Morgan fingerprint density at radius 1 is 1.02 bits per heavy atom. The SMILES string of the molecule is NC(=O)c1ccc(CC(=O)[C@H](C[C@@H]2COCCO2)n2cc3c(cc2=O)-c2cc(Cl)ccc2C[C@@H](C(F)(F)F)OC3)cc1. The lowest BCUT2D eigenvalue weighted by atomic mass is 9.91. The third kappa shape index (κ3) is 6.75. The van der Waals surface area contributed by atoms with Crippen molar-refractivity contribution in [2.75, 3.05) is 19.8 Å². The molecule has 0 aliphatic carbocycles. The number of aromatic nitrogens is 1. The number of ether oxygens (including phenoxy) is 3. The summed E-state index contributed by atoms with van der Waals surface area (Å²) >= 11 is 6.21. The van der Waals surface area contributed by atoms with Gasteiger partial charge in [0.05, 0.1) is 38.6 Å². The first kappa shape index (κ1) is 30.0. The van der Waals surface area contributed by atoms with Crippen molar-refractivity contribution in [1.29, 1.82) is 0 Å². The first-order chi connectivity index (χ1) is 20.0. The highest BCUT2D eigenvalue weighted by atomic mass is 35.5. The minimum atomic E-state index is -4.62. The Kier molecular flexibility index (Phi) is 8.84. The van der Waals surface area contributed by atoms with Crippen LogP contribution in [-0.4, -0.2) is 54.5 Å². The molecule has 42 heavy (non-hydrogen) atoms. The number of carbonyl (C=O) groups is 2. The van der Waals surface area contributed by atoms with Gasteiger partial charge in [-0.05, 0) is 46.5 Å². The lowest BCUT2D eigenvalue weighted by Gasteiger charge is -2.29. The lowest BCUT2D eigenvalue weighted by Crippen LogP contribution is -2.38. The van der Waals surface area contributed by atoms with Crippen LogP contribution >= 0.6 is 11.6 Å². The number of hydrogen-bond donors (Lipinski definition) is 1. The molecule has 2 aliphatic heterocycles. The van der Waals surface area contributed by atoms with Crippen LogP contribution in [0.1, 0.15) is 39.5 Å². The van der Waals surface area contributed by atoms with Crippen molar-refractivity contribution in [1.82, 2.24) is 4.57 Å². The number of rotatable bonds is 7. The molecule has 0 radical (unpaired) electrons. The predicted octanol–water partition coefficient (Wildman–Crippen LogP) is 4.43. The maximum Gasteiger partial charge on any atom is 0.414 e. The third-order valence-electron chi connectivity index (χ3n) is 7.43. The quantitative estimate of drug-likeness (QED) is 0.427. The van der Waals surface area contributed by atoms with Crippen molar-refractivity contribution in [3.8, 4) is 11.1 Å².